The van der Waals surface area contributed by atoms with Gasteiger partial charge in [-0.1, -0.05) is 5.16 Å². The highest BCUT2D eigenvalue weighted by Gasteiger charge is 2.67. The molecule has 3 aliphatic rings. The zero-order valence-electron chi connectivity index (χ0n) is 11.5. The average Bonchev–Trinajstić information content (AvgIpc) is 2.77. The van der Waals surface area contributed by atoms with Gasteiger partial charge in [-0.25, -0.2) is 0 Å². The van der Waals surface area contributed by atoms with Crippen molar-refractivity contribution >= 4 is 12.4 Å². The number of nitrogens with one attached hydrogen (secondary N) is 1. The summed E-state index contributed by atoms with van der Waals surface area (Å²) in [5.74, 6) is 6.12. The summed E-state index contributed by atoms with van der Waals surface area (Å²) in [6.45, 7) is 2.14. The number of likely N-dealkylation sites (N-methyl/N-ethyl adjacent to an activating group) is 1. The van der Waals surface area contributed by atoms with Crippen LogP contribution in [0.2, 0.25) is 0 Å². The van der Waals surface area contributed by atoms with Crippen LogP contribution in [0.4, 0.5) is 0 Å². The fraction of sp³-hybridized carbons (Fsp3) is 0.857. The van der Waals surface area contributed by atoms with E-state index in [2.05, 4.69) is 22.4 Å². The fourth-order valence-corrected chi connectivity index (χ4v) is 4.52. The highest BCUT2D eigenvalue weighted by molar-refractivity contribution is 5.85. The molecule has 1 aromatic rings. The van der Waals surface area contributed by atoms with E-state index in [9.17, 15) is 0 Å². The topological polar surface area (TPSA) is 51.0 Å². The summed E-state index contributed by atoms with van der Waals surface area (Å²) in [6, 6.07) is 0.408. The van der Waals surface area contributed by atoms with Gasteiger partial charge in [-0.3, -0.25) is 0 Å². The lowest BCUT2D eigenvalue weighted by molar-refractivity contribution is 0.351. The number of rotatable bonds is 4. The molecular weight excluding hydrogens is 262 g/mol. The number of hydrogen-bond acceptors (Lipinski definition) is 4. The molecule has 19 heavy (non-hydrogen) atoms. The monoisotopic (exact) mass is 283 g/mol. The Bertz CT molecular complexity index is 447. The van der Waals surface area contributed by atoms with E-state index < -0.39 is 0 Å². The molecule has 5 heteroatoms. The zero-order valence-corrected chi connectivity index (χ0v) is 12.3. The molecule has 0 saturated heterocycles. The lowest BCUT2D eigenvalue weighted by Gasteiger charge is -2.05. The predicted octanol–water partition coefficient (Wildman–Crippen LogP) is 2.40. The van der Waals surface area contributed by atoms with Crippen LogP contribution < -0.4 is 5.32 Å². The molecule has 0 amide bonds. The van der Waals surface area contributed by atoms with E-state index in [1.807, 2.05) is 7.05 Å². The van der Waals surface area contributed by atoms with E-state index in [0.29, 0.717) is 12.0 Å². The third-order valence-electron chi connectivity index (χ3n) is 5.49. The van der Waals surface area contributed by atoms with E-state index >= 15 is 0 Å². The second kappa shape index (κ2) is 4.74. The molecule has 0 radical (unpaired) electrons. The van der Waals surface area contributed by atoms with Crippen LogP contribution in [0.1, 0.15) is 43.8 Å². The quantitative estimate of drug-likeness (QED) is 0.922. The van der Waals surface area contributed by atoms with E-state index in [0.717, 1.165) is 41.8 Å². The maximum atomic E-state index is 5.51. The number of nitrogens with zero attached hydrogens (tertiary/aromatic N) is 2. The molecular formula is C14H22ClN3O. The Morgan fingerprint density at radius 1 is 1.32 bits per heavy atom. The van der Waals surface area contributed by atoms with Crippen LogP contribution in [-0.2, 0) is 6.42 Å². The molecule has 0 aromatic carbocycles. The molecule has 5 unspecified atom stereocenters. The summed E-state index contributed by atoms with van der Waals surface area (Å²) in [5, 5.41) is 7.35. The van der Waals surface area contributed by atoms with Gasteiger partial charge in [0.2, 0.25) is 5.89 Å². The Morgan fingerprint density at radius 3 is 2.63 bits per heavy atom. The third-order valence-corrected chi connectivity index (χ3v) is 5.49. The molecule has 0 spiro atoms. The van der Waals surface area contributed by atoms with Crippen molar-refractivity contribution in [3.8, 4) is 0 Å². The van der Waals surface area contributed by atoms with Crippen molar-refractivity contribution in [2.24, 2.45) is 23.7 Å². The molecule has 3 saturated carbocycles. The van der Waals surface area contributed by atoms with Gasteiger partial charge >= 0.3 is 0 Å². The highest BCUT2D eigenvalue weighted by Crippen LogP contribution is 2.72. The Morgan fingerprint density at radius 2 is 2.00 bits per heavy atom. The molecule has 2 bridgehead atoms. The van der Waals surface area contributed by atoms with Gasteiger partial charge in [0, 0.05) is 18.4 Å². The minimum absolute atomic E-state index is 0. The normalized spacial score (nSPS) is 39.8. The minimum Gasteiger partial charge on any atom is -0.339 e. The van der Waals surface area contributed by atoms with Crippen molar-refractivity contribution in [2.75, 3.05) is 7.05 Å². The summed E-state index contributed by atoms with van der Waals surface area (Å²) in [4.78, 5) is 4.62. The summed E-state index contributed by atoms with van der Waals surface area (Å²) >= 11 is 0. The predicted molar refractivity (Wildman–Crippen MR) is 74.3 cm³/mol. The van der Waals surface area contributed by atoms with E-state index in [1.165, 1.54) is 19.3 Å². The summed E-state index contributed by atoms with van der Waals surface area (Å²) in [6.07, 6.45) is 5.22. The maximum absolute atomic E-state index is 5.51. The smallest absolute Gasteiger partial charge is 0.230 e. The Labute approximate surface area is 120 Å². The molecule has 1 aromatic heterocycles. The Balaban J connectivity index is 0.00000110. The summed E-state index contributed by atoms with van der Waals surface area (Å²) in [5.41, 5.74) is 0. The highest BCUT2D eigenvalue weighted by atomic mass is 35.5. The first kappa shape index (κ1) is 13.4. The lowest BCUT2D eigenvalue weighted by Crippen LogP contribution is -2.24. The van der Waals surface area contributed by atoms with Gasteiger partial charge < -0.3 is 9.84 Å². The van der Waals surface area contributed by atoms with Crippen LogP contribution in [0.15, 0.2) is 4.52 Å². The number of fused-ring (bicyclic) bond motifs is 5. The molecule has 5 atom stereocenters. The van der Waals surface area contributed by atoms with Crippen LogP contribution in [0.3, 0.4) is 0 Å². The van der Waals surface area contributed by atoms with Crippen molar-refractivity contribution in [3.05, 3.63) is 11.7 Å². The van der Waals surface area contributed by atoms with Crippen LogP contribution in [0.5, 0.6) is 0 Å². The fourth-order valence-electron chi connectivity index (χ4n) is 4.52. The Kier molecular flexibility index (Phi) is 3.34. The summed E-state index contributed by atoms with van der Waals surface area (Å²) in [7, 11) is 1.97. The van der Waals surface area contributed by atoms with Crippen LogP contribution in [0.25, 0.3) is 0 Å². The molecule has 106 valence electrons. The number of hydrogen-bond donors (Lipinski definition) is 1. The minimum atomic E-state index is 0. The van der Waals surface area contributed by atoms with Crippen molar-refractivity contribution in [1.29, 1.82) is 0 Å². The SMILES string of the molecule is CNC(C)Cc1noc(C2C3C4CCC(C4)C23)n1.Cl. The lowest BCUT2D eigenvalue weighted by atomic mass is 10.0. The molecule has 4 nitrogen and oxygen atoms in total. The van der Waals surface area contributed by atoms with E-state index in [-0.39, 0.29) is 12.4 Å². The van der Waals surface area contributed by atoms with Gasteiger partial charge in [0.1, 0.15) is 0 Å². The van der Waals surface area contributed by atoms with Gasteiger partial charge in [-0.15, -0.1) is 12.4 Å². The van der Waals surface area contributed by atoms with Crippen molar-refractivity contribution in [3.63, 3.8) is 0 Å². The first-order chi connectivity index (χ1) is 8.78. The third kappa shape index (κ3) is 2.00. The van der Waals surface area contributed by atoms with Gasteiger partial charge in [-0.05, 0) is 56.9 Å². The van der Waals surface area contributed by atoms with Crippen molar-refractivity contribution < 1.29 is 4.52 Å². The molecule has 4 rings (SSSR count). The van der Waals surface area contributed by atoms with Crippen molar-refractivity contribution in [1.82, 2.24) is 15.5 Å². The van der Waals surface area contributed by atoms with E-state index in [4.69, 9.17) is 4.52 Å². The van der Waals surface area contributed by atoms with Crippen LogP contribution >= 0.6 is 12.4 Å². The summed E-state index contributed by atoms with van der Waals surface area (Å²) < 4.78 is 5.51. The first-order valence-electron chi connectivity index (χ1n) is 7.27. The second-order valence-corrected chi connectivity index (χ2v) is 6.46. The second-order valence-electron chi connectivity index (χ2n) is 6.46. The van der Waals surface area contributed by atoms with E-state index in [1.54, 1.807) is 0 Å². The molecule has 3 aliphatic carbocycles. The van der Waals surface area contributed by atoms with Gasteiger partial charge in [0.25, 0.3) is 0 Å². The Hall–Kier alpha value is -0.610. The average molecular weight is 284 g/mol. The van der Waals surface area contributed by atoms with Crippen LogP contribution in [-0.4, -0.2) is 23.2 Å². The number of aromatic nitrogens is 2. The van der Waals surface area contributed by atoms with Gasteiger partial charge in [0.05, 0.1) is 0 Å². The maximum Gasteiger partial charge on any atom is 0.230 e. The van der Waals surface area contributed by atoms with Gasteiger partial charge in [-0.2, -0.15) is 4.98 Å². The largest absolute Gasteiger partial charge is 0.339 e. The zero-order chi connectivity index (χ0) is 12.3. The van der Waals surface area contributed by atoms with Crippen molar-refractivity contribution in [2.45, 2.75) is 44.6 Å². The molecule has 1 heterocycles. The van der Waals surface area contributed by atoms with Gasteiger partial charge in [0.15, 0.2) is 5.82 Å². The molecule has 1 N–H and O–H groups in total. The standard InChI is InChI=1S/C14H21N3O.ClH/c1-7(15-2)5-10-16-14(18-17-10)13-11-8-3-4-9(6-8)12(11)13;/h7-9,11-13,15H,3-6H2,1-2H3;1H. The van der Waals surface area contributed by atoms with Crippen LogP contribution in [0, 0.1) is 23.7 Å². The molecule has 0 aliphatic heterocycles. The molecule has 3 fully saturated rings. The number of halogens is 1. The first-order valence-corrected chi connectivity index (χ1v) is 7.27.